The number of hydrogen-bond donors (Lipinski definition) is 2. The van der Waals surface area contributed by atoms with E-state index < -0.39 is 6.04 Å². The minimum absolute atomic E-state index is 0.225. The molecule has 4 aromatic rings. The number of tetrazole rings is 1. The highest BCUT2D eigenvalue weighted by atomic mass is 35.5. The van der Waals surface area contributed by atoms with E-state index in [1.807, 2.05) is 70.2 Å². The molecule has 2 heterocycles. The first-order valence-corrected chi connectivity index (χ1v) is 13.5. The molecule has 9 nitrogen and oxygen atoms in total. The van der Waals surface area contributed by atoms with Crippen molar-refractivity contribution in [3.63, 3.8) is 0 Å². The summed E-state index contributed by atoms with van der Waals surface area (Å²) in [4.78, 5) is 13.8. The second-order valence-corrected chi connectivity index (χ2v) is 10.2. The largest absolute Gasteiger partial charge is 0.490 e. The molecule has 1 aromatic heterocycles. The summed E-state index contributed by atoms with van der Waals surface area (Å²) in [7, 11) is 0. The predicted molar refractivity (Wildman–Crippen MR) is 155 cm³/mol. The molecule has 1 aliphatic rings. The average Bonchev–Trinajstić information content (AvgIpc) is 3.38. The molecule has 40 heavy (non-hydrogen) atoms. The molecule has 5 rings (SSSR count). The van der Waals surface area contributed by atoms with Gasteiger partial charge in [0.1, 0.15) is 12.6 Å². The summed E-state index contributed by atoms with van der Waals surface area (Å²) < 4.78 is 13.6. The predicted octanol–water partition coefficient (Wildman–Crippen LogP) is 6.50. The van der Waals surface area contributed by atoms with Crippen LogP contribution in [0.1, 0.15) is 42.1 Å². The van der Waals surface area contributed by atoms with Gasteiger partial charge in [0.25, 0.3) is 5.91 Å². The van der Waals surface area contributed by atoms with Crippen LogP contribution in [0.15, 0.2) is 65.9 Å². The molecule has 0 radical (unpaired) electrons. The number of aromatic nitrogens is 4. The number of hydrogen-bond acceptors (Lipinski definition) is 7. The standard InChI is InChI=1S/C29H28Cl2N6O3/c1-5-39-25-13-19(10-12-24(25)40-15-20-9-11-21(30)14-22(20)31)27-26(18(4)32-29-34-35-36-37(27)29)28(38)33-23-8-6-7-16(2)17(23)3/h6-14,27H,5,15H2,1-4H3,(H,33,38)(H,32,34,36). The number of allylic oxidation sites excluding steroid dienone is 1. The van der Waals surface area contributed by atoms with Gasteiger partial charge in [-0.2, -0.15) is 4.68 Å². The van der Waals surface area contributed by atoms with Crippen LogP contribution in [0, 0.1) is 13.8 Å². The SMILES string of the molecule is CCOc1cc(C2C(C(=O)Nc3cccc(C)c3C)=C(C)Nc3nnnn32)ccc1OCc1ccc(Cl)cc1Cl. The van der Waals surface area contributed by atoms with Crippen molar-refractivity contribution in [1.29, 1.82) is 0 Å². The maximum Gasteiger partial charge on any atom is 0.255 e. The number of nitrogens with zero attached hydrogens (tertiary/aromatic N) is 4. The number of rotatable bonds is 8. The fourth-order valence-electron chi connectivity index (χ4n) is 4.57. The number of ether oxygens (including phenoxy) is 2. The summed E-state index contributed by atoms with van der Waals surface area (Å²) in [6.45, 7) is 8.35. The zero-order valence-corrected chi connectivity index (χ0v) is 24.0. The molecule has 1 atom stereocenters. The van der Waals surface area contributed by atoms with Crippen LogP contribution in [0.2, 0.25) is 10.0 Å². The number of carbonyl (C=O) groups excluding carboxylic acids is 1. The molecule has 11 heteroatoms. The van der Waals surface area contributed by atoms with Crippen LogP contribution in [0.5, 0.6) is 11.5 Å². The summed E-state index contributed by atoms with van der Waals surface area (Å²) in [6, 6.07) is 16.0. The average molecular weight is 579 g/mol. The zero-order valence-electron chi connectivity index (χ0n) is 22.5. The summed E-state index contributed by atoms with van der Waals surface area (Å²) in [6.07, 6.45) is 0. The second-order valence-electron chi connectivity index (χ2n) is 9.38. The van der Waals surface area contributed by atoms with E-state index in [0.29, 0.717) is 45.4 Å². The van der Waals surface area contributed by atoms with Crippen molar-refractivity contribution in [2.24, 2.45) is 0 Å². The molecule has 0 bridgehead atoms. The minimum Gasteiger partial charge on any atom is -0.490 e. The Balaban J connectivity index is 1.50. The van der Waals surface area contributed by atoms with Crippen molar-refractivity contribution in [2.75, 3.05) is 17.2 Å². The van der Waals surface area contributed by atoms with Crippen molar-refractivity contribution in [3.05, 3.63) is 98.2 Å². The third-order valence-corrected chi connectivity index (χ3v) is 7.38. The van der Waals surface area contributed by atoms with Gasteiger partial charge in [0.05, 0.1) is 12.2 Å². The molecule has 0 aliphatic carbocycles. The molecule has 206 valence electrons. The summed E-state index contributed by atoms with van der Waals surface area (Å²) in [5.41, 5.74) is 5.49. The Bertz CT molecular complexity index is 1620. The topological polar surface area (TPSA) is 103 Å². The smallest absolute Gasteiger partial charge is 0.255 e. The first-order chi connectivity index (χ1) is 19.3. The van der Waals surface area contributed by atoms with Crippen molar-refractivity contribution in [2.45, 2.75) is 40.3 Å². The fraction of sp³-hybridized carbons (Fsp3) is 0.241. The van der Waals surface area contributed by atoms with E-state index in [0.717, 1.165) is 27.9 Å². The van der Waals surface area contributed by atoms with Crippen LogP contribution in [-0.2, 0) is 11.4 Å². The van der Waals surface area contributed by atoms with Crippen molar-refractivity contribution in [1.82, 2.24) is 20.2 Å². The van der Waals surface area contributed by atoms with Gasteiger partial charge in [0.2, 0.25) is 5.95 Å². The number of nitrogens with one attached hydrogen (secondary N) is 2. The van der Waals surface area contributed by atoms with Gasteiger partial charge in [-0.15, -0.1) is 0 Å². The number of carbonyl (C=O) groups is 1. The molecule has 0 saturated heterocycles. The van der Waals surface area contributed by atoms with Crippen LogP contribution in [-0.4, -0.2) is 32.7 Å². The van der Waals surface area contributed by atoms with Gasteiger partial charge >= 0.3 is 0 Å². The maximum atomic E-state index is 13.8. The second kappa shape index (κ2) is 11.6. The Hall–Kier alpha value is -4.08. The molecule has 3 aromatic carbocycles. The summed E-state index contributed by atoms with van der Waals surface area (Å²) in [5.74, 6) is 1.22. The Morgan fingerprint density at radius 3 is 2.65 bits per heavy atom. The van der Waals surface area contributed by atoms with E-state index >= 15 is 0 Å². The van der Waals surface area contributed by atoms with Crippen molar-refractivity contribution < 1.29 is 14.3 Å². The van der Waals surface area contributed by atoms with E-state index in [-0.39, 0.29) is 12.5 Å². The molecule has 0 fully saturated rings. The van der Waals surface area contributed by atoms with Gasteiger partial charge < -0.3 is 20.1 Å². The molecule has 1 aliphatic heterocycles. The van der Waals surface area contributed by atoms with E-state index in [1.165, 1.54) is 0 Å². The van der Waals surface area contributed by atoms with Gasteiger partial charge in [-0.25, -0.2) is 0 Å². The van der Waals surface area contributed by atoms with E-state index in [9.17, 15) is 4.79 Å². The molecule has 0 saturated carbocycles. The lowest BCUT2D eigenvalue weighted by molar-refractivity contribution is -0.113. The number of anilines is 2. The molecular formula is C29H28Cl2N6O3. The van der Waals surface area contributed by atoms with Crippen LogP contribution < -0.4 is 20.1 Å². The van der Waals surface area contributed by atoms with Crippen LogP contribution in [0.25, 0.3) is 0 Å². The van der Waals surface area contributed by atoms with E-state index in [1.54, 1.807) is 16.8 Å². The third-order valence-electron chi connectivity index (χ3n) is 6.79. The monoisotopic (exact) mass is 578 g/mol. The molecule has 1 amide bonds. The number of benzene rings is 3. The Kier molecular flexibility index (Phi) is 7.95. The molecular weight excluding hydrogens is 551 g/mol. The highest BCUT2D eigenvalue weighted by Gasteiger charge is 2.35. The highest BCUT2D eigenvalue weighted by molar-refractivity contribution is 6.35. The lowest BCUT2D eigenvalue weighted by atomic mass is 9.94. The Morgan fingerprint density at radius 2 is 1.88 bits per heavy atom. The zero-order chi connectivity index (χ0) is 28.4. The van der Waals surface area contributed by atoms with Gasteiger partial charge in [-0.3, -0.25) is 4.79 Å². The lowest BCUT2D eigenvalue weighted by Crippen LogP contribution is -2.31. The van der Waals surface area contributed by atoms with Gasteiger partial charge in [-0.05, 0) is 85.1 Å². The van der Waals surface area contributed by atoms with Gasteiger partial charge in [-0.1, -0.05) is 52.6 Å². The maximum absolute atomic E-state index is 13.8. The van der Waals surface area contributed by atoms with Crippen LogP contribution in [0.4, 0.5) is 11.6 Å². The van der Waals surface area contributed by atoms with Gasteiger partial charge in [0.15, 0.2) is 11.5 Å². The quantitative estimate of drug-likeness (QED) is 0.246. The Morgan fingerprint density at radius 1 is 1.05 bits per heavy atom. The normalized spacial score (nSPS) is 14.4. The molecule has 1 unspecified atom stereocenters. The highest BCUT2D eigenvalue weighted by Crippen LogP contribution is 2.39. The minimum atomic E-state index is -0.615. The summed E-state index contributed by atoms with van der Waals surface area (Å²) in [5, 5.41) is 19.4. The number of aryl methyl sites for hydroxylation is 1. The first-order valence-electron chi connectivity index (χ1n) is 12.7. The number of amides is 1. The third kappa shape index (κ3) is 5.48. The lowest BCUT2D eigenvalue weighted by Gasteiger charge is -2.28. The molecule has 0 spiro atoms. The van der Waals surface area contributed by atoms with Crippen LogP contribution in [0.3, 0.4) is 0 Å². The fourth-order valence-corrected chi connectivity index (χ4v) is 5.03. The Labute approximate surface area is 242 Å². The van der Waals surface area contributed by atoms with Gasteiger partial charge in [0, 0.05) is 27.0 Å². The summed E-state index contributed by atoms with van der Waals surface area (Å²) >= 11 is 12.4. The first kappa shape index (κ1) is 27.5. The van der Waals surface area contributed by atoms with Crippen molar-refractivity contribution >= 4 is 40.7 Å². The van der Waals surface area contributed by atoms with E-state index in [4.69, 9.17) is 32.7 Å². The van der Waals surface area contributed by atoms with Crippen molar-refractivity contribution in [3.8, 4) is 11.5 Å². The number of halogens is 2. The van der Waals surface area contributed by atoms with E-state index in [2.05, 4.69) is 26.2 Å². The van der Waals surface area contributed by atoms with Crippen LogP contribution >= 0.6 is 23.2 Å². The number of fused-ring (bicyclic) bond motifs is 1. The molecule has 2 N–H and O–H groups in total.